The minimum atomic E-state index is -0.332. The molecule has 0 spiro atoms. The van der Waals surface area contributed by atoms with Gasteiger partial charge in [-0.25, -0.2) is 0 Å². The standard InChI is InChI=1S/C24H33N3O2/c1-6-11-21(20-14-8-7-9-15-20)25-24(29)19(4)27(5)16-22(28)26-23-17(2)12-10-13-18(23)3/h7-10,12-15,19,21H,6,11,16H2,1-5H3,(H,25,29)(H,26,28)/p+1/t19-,21+/m1/s1. The molecule has 1 unspecified atom stereocenters. The summed E-state index contributed by atoms with van der Waals surface area (Å²) in [5.41, 5.74) is 4.04. The molecule has 0 bridgehead atoms. The molecule has 0 aliphatic rings. The Balaban J connectivity index is 1.96. The Morgan fingerprint density at radius 2 is 1.62 bits per heavy atom. The molecule has 0 saturated carbocycles. The van der Waals surface area contributed by atoms with E-state index in [2.05, 4.69) is 17.6 Å². The highest BCUT2D eigenvalue weighted by molar-refractivity contribution is 5.93. The molecule has 2 rings (SSSR count). The van der Waals surface area contributed by atoms with Crippen molar-refractivity contribution in [2.75, 3.05) is 18.9 Å². The summed E-state index contributed by atoms with van der Waals surface area (Å²) in [6, 6.07) is 15.6. The maximum atomic E-state index is 12.8. The van der Waals surface area contributed by atoms with Gasteiger partial charge in [0, 0.05) is 5.69 Å². The minimum Gasteiger partial charge on any atom is -0.344 e. The minimum absolute atomic E-state index is 0.00704. The number of likely N-dealkylation sites (N-methyl/N-ethyl adjacent to an activating group) is 1. The van der Waals surface area contributed by atoms with Crippen LogP contribution in [0.1, 0.15) is 49.4 Å². The smallest absolute Gasteiger partial charge is 0.279 e. The molecule has 5 nitrogen and oxygen atoms in total. The van der Waals surface area contributed by atoms with E-state index in [1.807, 2.05) is 76.3 Å². The Labute approximate surface area is 174 Å². The van der Waals surface area contributed by atoms with Crippen LogP contribution in [0.4, 0.5) is 5.69 Å². The van der Waals surface area contributed by atoms with Crippen LogP contribution in [0.5, 0.6) is 0 Å². The summed E-state index contributed by atoms with van der Waals surface area (Å²) in [7, 11) is 1.88. The second-order valence-electron chi connectivity index (χ2n) is 7.82. The first-order chi connectivity index (χ1) is 13.8. The molecule has 0 saturated heterocycles. The average Bonchev–Trinajstić information content (AvgIpc) is 2.70. The van der Waals surface area contributed by atoms with Gasteiger partial charge in [0.15, 0.2) is 12.6 Å². The van der Waals surface area contributed by atoms with Crippen LogP contribution in [0.2, 0.25) is 0 Å². The first kappa shape index (κ1) is 22.6. The number of para-hydroxylation sites is 1. The van der Waals surface area contributed by atoms with E-state index in [0.29, 0.717) is 0 Å². The fraction of sp³-hybridized carbons (Fsp3) is 0.417. The largest absolute Gasteiger partial charge is 0.344 e. The lowest BCUT2D eigenvalue weighted by Crippen LogP contribution is -3.15. The Hall–Kier alpha value is -2.66. The SMILES string of the molecule is CCC[C@H](NC(=O)[C@@H](C)[NH+](C)CC(=O)Nc1c(C)cccc1C)c1ccccc1. The van der Waals surface area contributed by atoms with Gasteiger partial charge in [0.05, 0.1) is 13.1 Å². The summed E-state index contributed by atoms with van der Waals surface area (Å²) in [4.78, 5) is 26.2. The van der Waals surface area contributed by atoms with Gasteiger partial charge in [-0.1, -0.05) is 61.9 Å². The van der Waals surface area contributed by atoms with Crippen molar-refractivity contribution in [2.45, 2.75) is 52.6 Å². The van der Waals surface area contributed by atoms with E-state index >= 15 is 0 Å². The van der Waals surface area contributed by atoms with Crippen molar-refractivity contribution < 1.29 is 14.5 Å². The number of benzene rings is 2. The molecule has 2 aromatic rings. The number of quaternary nitrogens is 1. The maximum absolute atomic E-state index is 12.8. The van der Waals surface area contributed by atoms with Crippen LogP contribution < -0.4 is 15.5 Å². The molecule has 5 heteroatoms. The zero-order valence-corrected chi connectivity index (χ0v) is 18.2. The summed E-state index contributed by atoms with van der Waals surface area (Å²) >= 11 is 0. The third-order valence-electron chi connectivity index (χ3n) is 5.41. The number of hydrogen-bond donors (Lipinski definition) is 3. The lowest BCUT2D eigenvalue weighted by molar-refractivity contribution is -0.885. The van der Waals surface area contributed by atoms with Crippen LogP contribution in [-0.2, 0) is 9.59 Å². The van der Waals surface area contributed by atoms with Crippen molar-refractivity contribution in [3.63, 3.8) is 0 Å². The Morgan fingerprint density at radius 1 is 1.00 bits per heavy atom. The highest BCUT2D eigenvalue weighted by Crippen LogP contribution is 2.19. The second-order valence-corrected chi connectivity index (χ2v) is 7.82. The van der Waals surface area contributed by atoms with Gasteiger partial charge in [-0.05, 0) is 43.9 Å². The number of carbonyl (C=O) groups excluding carboxylic acids is 2. The van der Waals surface area contributed by atoms with Gasteiger partial charge in [0.1, 0.15) is 0 Å². The van der Waals surface area contributed by atoms with Crippen molar-refractivity contribution >= 4 is 17.5 Å². The molecule has 0 heterocycles. The summed E-state index contributed by atoms with van der Waals surface area (Å²) in [6.07, 6.45) is 1.86. The first-order valence-corrected chi connectivity index (χ1v) is 10.4. The molecule has 2 amide bonds. The Morgan fingerprint density at radius 3 is 2.21 bits per heavy atom. The maximum Gasteiger partial charge on any atom is 0.279 e. The van der Waals surface area contributed by atoms with Crippen molar-refractivity contribution in [1.29, 1.82) is 0 Å². The number of aryl methyl sites for hydroxylation is 2. The second kappa shape index (κ2) is 10.8. The number of anilines is 1. The normalized spacial score (nSPS) is 14.0. The van der Waals surface area contributed by atoms with E-state index in [1.165, 1.54) is 0 Å². The van der Waals surface area contributed by atoms with E-state index in [9.17, 15) is 9.59 Å². The predicted octanol–water partition coefficient (Wildman–Crippen LogP) is 2.80. The summed E-state index contributed by atoms with van der Waals surface area (Å²) in [6.45, 7) is 8.16. The van der Waals surface area contributed by atoms with Gasteiger partial charge in [0.2, 0.25) is 0 Å². The van der Waals surface area contributed by atoms with Gasteiger partial charge >= 0.3 is 0 Å². The topological polar surface area (TPSA) is 62.6 Å². The zero-order valence-electron chi connectivity index (χ0n) is 18.2. The van der Waals surface area contributed by atoms with Crippen LogP contribution in [-0.4, -0.2) is 31.4 Å². The van der Waals surface area contributed by atoms with Crippen molar-refractivity contribution in [3.8, 4) is 0 Å². The molecule has 29 heavy (non-hydrogen) atoms. The Kier molecular flexibility index (Phi) is 8.40. The van der Waals surface area contributed by atoms with E-state index in [0.717, 1.165) is 40.1 Å². The third kappa shape index (κ3) is 6.43. The van der Waals surface area contributed by atoms with Gasteiger partial charge in [-0.3, -0.25) is 9.59 Å². The van der Waals surface area contributed by atoms with Gasteiger partial charge in [-0.2, -0.15) is 0 Å². The molecular weight excluding hydrogens is 362 g/mol. The molecule has 0 fully saturated rings. The fourth-order valence-electron chi connectivity index (χ4n) is 3.42. The predicted molar refractivity (Wildman–Crippen MR) is 118 cm³/mol. The monoisotopic (exact) mass is 396 g/mol. The molecular formula is C24H34N3O2+. The van der Waals surface area contributed by atoms with Gasteiger partial charge in [0.25, 0.3) is 11.8 Å². The van der Waals surface area contributed by atoms with Gasteiger partial charge in [-0.15, -0.1) is 0 Å². The van der Waals surface area contributed by atoms with Crippen LogP contribution in [0.25, 0.3) is 0 Å². The number of hydrogen-bond acceptors (Lipinski definition) is 2. The van der Waals surface area contributed by atoms with Crippen molar-refractivity contribution in [1.82, 2.24) is 5.32 Å². The number of rotatable bonds is 9. The third-order valence-corrected chi connectivity index (χ3v) is 5.41. The van der Waals surface area contributed by atoms with Crippen LogP contribution in [0, 0.1) is 13.8 Å². The van der Waals surface area contributed by atoms with Gasteiger partial charge < -0.3 is 15.5 Å². The summed E-state index contributed by atoms with van der Waals surface area (Å²) in [5, 5.41) is 6.16. The Bertz CT molecular complexity index is 800. The molecule has 3 N–H and O–H groups in total. The number of amides is 2. The molecule has 0 aliphatic heterocycles. The molecule has 0 aliphatic carbocycles. The lowest BCUT2D eigenvalue weighted by Gasteiger charge is -2.24. The van der Waals surface area contributed by atoms with E-state index < -0.39 is 0 Å². The zero-order chi connectivity index (χ0) is 21.4. The van der Waals surface area contributed by atoms with Crippen molar-refractivity contribution in [2.24, 2.45) is 0 Å². The fourth-order valence-corrected chi connectivity index (χ4v) is 3.42. The highest BCUT2D eigenvalue weighted by atomic mass is 16.2. The van der Waals surface area contributed by atoms with Crippen LogP contribution >= 0.6 is 0 Å². The van der Waals surface area contributed by atoms with Crippen LogP contribution in [0.3, 0.4) is 0 Å². The molecule has 0 aromatic heterocycles. The van der Waals surface area contributed by atoms with E-state index in [-0.39, 0.29) is 30.4 Å². The van der Waals surface area contributed by atoms with E-state index in [4.69, 9.17) is 0 Å². The van der Waals surface area contributed by atoms with Crippen LogP contribution in [0.15, 0.2) is 48.5 Å². The molecule has 2 aromatic carbocycles. The summed E-state index contributed by atoms with van der Waals surface area (Å²) < 4.78 is 0. The number of carbonyl (C=O) groups is 2. The van der Waals surface area contributed by atoms with Crippen molar-refractivity contribution in [3.05, 3.63) is 65.2 Å². The average molecular weight is 397 g/mol. The number of nitrogens with one attached hydrogen (secondary N) is 3. The molecule has 3 atom stereocenters. The molecule has 156 valence electrons. The summed E-state index contributed by atoms with van der Waals surface area (Å²) in [5.74, 6) is -0.127. The lowest BCUT2D eigenvalue weighted by atomic mass is 10.0. The molecule has 0 radical (unpaired) electrons. The first-order valence-electron chi connectivity index (χ1n) is 10.4. The van der Waals surface area contributed by atoms with E-state index in [1.54, 1.807) is 0 Å². The quantitative estimate of drug-likeness (QED) is 0.610. The highest BCUT2D eigenvalue weighted by Gasteiger charge is 2.26.